The smallest absolute Gasteiger partial charge is 0.423 e. The molecule has 0 aliphatic heterocycles. The first-order valence-electron chi connectivity index (χ1n) is 8.03. The average molecular weight is 312 g/mol. The molecule has 2 nitrogen and oxygen atoms in total. The van der Waals surface area contributed by atoms with E-state index in [1.807, 2.05) is 55.5 Å². The lowest BCUT2D eigenvalue weighted by atomic mass is 9.72. The summed E-state index contributed by atoms with van der Waals surface area (Å²) in [6, 6.07) is 24.3. The molecule has 4 aromatic carbocycles. The molecule has 0 heterocycles. The Labute approximate surface area is 141 Å². The topological polar surface area (TPSA) is 40.5 Å². The molecule has 3 heteroatoms. The molecule has 116 valence electrons. The molecule has 0 spiro atoms. The second-order valence-corrected chi connectivity index (χ2v) is 6.12. The molecule has 4 rings (SSSR count). The van der Waals surface area contributed by atoms with Crippen molar-refractivity contribution >= 4 is 34.1 Å². The van der Waals surface area contributed by atoms with Crippen molar-refractivity contribution in [1.29, 1.82) is 0 Å². The molecule has 4 aromatic rings. The maximum atomic E-state index is 10.0. The van der Waals surface area contributed by atoms with E-state index in [1.54, 1.807) is 0 Å². The van der Waals surface area contributed by atoms with Crippen LogP contribution in [0.25, 0.3) is 32.7 Å². The Bertz CT molecular complexity index is 1040. The maximum absolute atomic E-state index is 10.0. The normalized spacial score (nSPS) is 11.1. The summed E-state index contributed by atoms with van der Waals surface area (Å²) >= 11 is 0. The maximum Gasteiger partial charge on any atom is 0.489 e. The van der Waals surface area contributed by atoms with Gasteiger partial charge in [-0.3, -0.25) is 0 Å². The average Bonchev–Trinajstić information content (AvgIpc) is 2.59. The van der Waals surface area contributed by atoms with Gasteiger partial charge in [0.15, 0.2) is 0 Å². The van der Waals surface area contributed by atoms with Gasteiger partial charge < -0.3 is 10.0 Å². The van der Waals surface area contributed by atoms with E-state index in [-0.39, 0.29) is 0 Å². The lowest BCUT2D eigenvalue weighted by Crippen LogP contribution is -2.31. The van der Waals surface area contributed by atoms with Crippen molar-refractivity contribution in [3.05, 3.63) is 78.4 Å². The second kappa shape index (κ2) is 5.79. The molecule has 0 bridgehead atoms. The first-order valence-corrected chi connectivity index (χ1v) is 8.03. The largest absolute Gasteiger partial charge is 0.489 e. The standard InChI is InChI=1S/C21H17BO2/c1-14-11-12-17-19(13-14)21(22(23)24)18-10-6-5-9-16(18)20(17)15-7-3-2-4-8-15/h2-13,23-24H,1H3. The second-order valence-electron chi connectivity index (χ2n) is 6.12. The number of fused-ring (bicyclic) bond motifs is 2. The third-order valence-corrected chi connectivity index (χ3v) is 4.54. The van der Waals surface area contributed by atoms with Crippen molar-refractivity contribution in [2.75, 3.05) is 0 Å². The SMILES string of the molecule is Cc1ccc2c(-c3ccccc3)c3ccccc3c(B(O)O)c2c1. The highest BCUT2D eigenvalue weighted by Crippen LogP contribution is 2.35. The number of benzene rings is 4. The molecule has 0 saturated carbocycles. The Morgan fingerprint density at radius 1 is 0.667 bits per heavy atom. The van der Waals surface area contributed by atoms with E-state index in [9.17, 15) is 10.0 Å². The van der Waals surface area contributed by atoms with Gasteiger partial charge in [-0.25, -0.2) is 0 Å². The van der Waals surface area contributed by atoms with E-state index in [0.29, 0.717) is 5.46 Å². The van der Waals surface area contributed by atoms with Gasteiger partial charge in [-0.15, -0.1) is 0 Å². The van der Waals surface area contributed by atoms with Crippen LogP contribution in [0, 0.1) is 6.92 Å². The molecule has 2 N–H and O–H groups in total. The van der Waals surface area contributed by atoms with Gasteiger partial charge in [0, 0.05) is 0 Å². The monoisotopic (exact) mass is 312 g/mol. The zero-order valence-corrected chi connectivity index (χ0v) is 13.4. The van der Waals surface area contributed by atoms with Crippen LogP contribution < -0.4 is 5.46 Å². The molecule has 0 atom stereocenters. The Balaban J connectivity index is 2.28. The third kappa shape index (κ3) is 2.30. The molecule has 0 aliphatic carbocycles. The fourth-order valence-corrected chi connectivity index (χ4v) is 3.52. The molecule has 0 amide bonds. The highest BCUT2D eigenvalue weighted by Gasteiger charge is 2.22. The summed E-state index contributed by atoms with van der Waals surface area (Å²) in [7, 11) is -1.51. The number of hydrogen-bond donors (Lipinski definition) is 2. The number of hydrogen-bond acceptors (Lipinski definition) is 2. The highest BCUT2D eigenvalue weighted by atomic mass is 16.4. The Morgan fingerprint density at radius 3 is 2.00 bits per heavy atom. The summed E-state index contributed by atoms with van der Waals surface area (Å²) in [6.45, 7) is 2.02. The fourth-order valence-electron chi connectivity index (χ4n) is 3.52. The van der Waals surface area contributed by atoms with E-state index in [4.69, 9.17) is 0 Å². The molecular formula is C21H17BO2. The molecule has 0 fully saturated rings. The molecule has 0 aromatic heterocycles. The van der Waals surface area contributed by atoms with Crippen LogP contribution in [0.1, 0.15) is 5.56 Å². The zero-order chi connectivity index (χ0) is 16.7. The first-order chi connectivity index (χ1) is 11.7. The summed E-state index contributed by atoms with van der Waals surface area (Å²) in [4.78, 5) is 0. The lowest BCUT2D eigenvalue weighted by Gasteiger charge is -2.17. The molecule has 0 unspecified atom stereocenters. The van der Waals surface area contributed by atoms with E-state index >= 15 is 0 Å². The van der Waals surface area contributed by atoms with Crippen molar-refractivity contribution in [1.82, 2.24) is 0 Å². The zero-order valence-electron chi connectivity index (χ0n) is 13.4. The van der Waals surface area contributed by atoms with Crippen molar-refractivity contribution in [3.8, 4) is 11.1 Å². The van der Waals surface area contributed by atoms with Gasteiger partial charge >= 0.3 is 7.12 Å². The highest BCUT2D eigenvalue weighted by molar-refractivity contribution is 6.66. The minimum Gasteiger partial charge on any atom is -0.423 e. The Morgan fingerprint density at radius 2 is 1.29 bits per heavy atom. The van der Waals surface area contributed by atoms with Crippen molar-refractivity contribution in [2.24, 2.45) is 0 Å². The fraction of sp³-hybridized carbons (Fsp3) is 0.0476. The molecule has 0 aliphatic rings. The first kappa shape index (κ1) is 14.9. The summed E-state index contributed by atoms with van der Waals surface area (Å²) < 4.78 is 0. The lowest BCUT2D eigenvalue weighted by molar-refractivity contribution is 0.426. The van der Waals surface area contributed by atoms with Crippen LogP contribution in [0.4, 0.5) is 0 Å². The summed E-state index contributed by atoms with van der Waals surface area (Å²) in [5.41, 5.74) is 3.93. The van der Waals surface area contributed by atoms with Gasteiger partial charge in [0.05, 0.1) is 0 Å². The Hall–Kier alpha value is -2.62. The van der Waals surface area contributed by atoms with Gasteiger partial charge in [0.1, 0.15) is 0 Å². The summed E-state index contributed by atoms with van der Waals surface area (Å²) in [5, 5.41) is 23.9. The molecular weight excluding hydrogens is 295 g/mol. The predicted molar refractivity (Wildman–Crippen MR) is 101 cm³/mol. The summed E-state index contributed by atoms with van der Waals surface area (Å²) in [5.74, 6) is 0. The van der Waals surface area contributed by atoms with Crippen molar-refractivity contribution in [3.63, 3.8) is 0 Å². The quantitative estimate of drug-likeness (QED) is 0.438. The van der Waals surface area contributed by atoms with Gasteiger partial charge in [0.25, 0.3) is 0 Å². The Kier molecular flexibility index (Phi) is 3.60. The van der Waals surface area contributed by atoms with Gasteiger partial charge in [0.2, 0.25) is 0 Å². The van der Waals surface area contributed by atoms with Crippen LogP contribution >= 0.6 is 0 Å². The summed E-state index contributed by atoms with van der Waals surface area (Å²) in [6.07, 6.45) is 0. The van der Waals surface area contributed by atoms with E-state index in [0.717, 1.165) is 38.2 Å². The third-order valence-electron chi connectivity index (χ3n) is 4.54. The van der Waals surface area contributed by atoms with Crippen LogP contribution in [0.2, 0.25) is 0 Å². The van der Waals surface area contributed by atoms with E-state index in [2.05, 4.69) is 24.3 Å². The molecule has 0 radical (unpaired) electrons. The number of aryl methyl sites for hydroxylation is 1. The number of rotatable bonds is 2. The minimum absolute atomic E-state index is 0.573. The van der Waals surface area contributed by atoms with Gasteiger partial charge in [-0.2, -0.15) is 0 Å². The van der Waals surface area contributed by atoms with Crippen LogP contribution in [-0.4, -0.2) is 17.2 Å². The van der Waals surface area contributed by atoms with E-state index < -0.39 is 7.12 Å². The predicted octanol–water partition coefficient (Wildman–Crippen LogP) is 3.65. The van der Waals surface area contributed by atoms with Crippen LogP contribution in [0.15, 0.2) is 72.8 Å². The molecule has 0 saturated heterocycles. The van der Waals surface area contributed by atoms with Crippen LogP contribution in [0.3, 0.4) is 0 Å². The van der Waals surface area contributed by atoms with Gasteiger partial charge in [-0.1, -0.05) is 78.4 Å². The van der Waals surface area contributed by atoms with Crippen molar-refractivity contribution in [2.45, 2.75) is 6.92 Å². The molecule has 24 heavy (non-hydrogen) atoms. The van der Waals surface area contributed by atoms with Gasteiger partial charge in [-0.05, 0) is 45.1 Å². The minimum atomic E-state index is -1.51. The van der Waals surface area contributed by atoms with Crippen molar-refractivity contribution < 1.29 is 10.0 Å². The van der Waals surface area contributed by atoms with E-state index in [1.165, 1.54) is 0 Å². The van der Waals surface area contributed by atoms with Crippen LogP contribution in [-0.2, 0) is 0 Å². The van der Waals surface area contributed by atoms with Crippen LogP contribution in [0.5, 0.6) is 0 Å².